The summed E-state index contributed by atoms with van der Waals surface area (Å²) in [6.07, 6.45) is 4.39. The van der Waals surface area contributed by atoms with E-state index in [4.69, 9.17) is 20.3 Å². The molecule has 0 aliphatic heterocycles. The highest BCUT2D eigenvalue weighted by atomic mass is 16.5. The standard InChI is InChI=1S/C15H19N3O2/c1-19-13-7-10-12(8-14(13)20-2)17-11-6-4-3-5-9(11)15(10)18-16/h7-8H,3-6,16H2,1-2H3,(H,17,18). The molecule has 5 heteroatoms. The number of aryl methyl sites for hydroxylation is 1. The van der Waals surface area contributed by atoms with Crippen LogP contribution < -0.4 is 20.7 Å². The van der Waals surface area contributed by atoms with Crippen molar-refractivity contribution in [3.05, 3.63) is 23.4 Å². The molecule has 1 heterocycles. The minimum atomic E-state index is 0.686. The van der Waals surface area contributed by atoms with Gasteiger partial charge < -0.3 is 14.9 Å². The topological polar surface area (TPSA) is 69.4 Å². The van der Waals surface area contributed by atoms with Gasteiger partial charge in [0.1, 0.15) is 0 Å². The molecule has 0 fully saturated rings. The van der Waals surface area contributed by atoms with E-state index in [1.165, 1.54) is 18.4 Å². The van der Waals surface area contributed by atoms with Gasteiger partial charge in [0.2, 0.25) is 0 Å². The number of anilines is 1. The number of hydrogen-bond donors (Lipinski definition) is 2. The minimum Gasteiger partial charge on any atom is -0.493 e. The number of fused-ring (bicyclic) bond motifs is 2. The summed E-state index contributed by atoms with van der Waals surface area (Å²) in [6.45, 7) is 0. The summed E-state index contributed by atoms with van der Waals surface area (Å²) < 4.78 is 10.7. The van der Waals surface area contributed by atoms with Crippen LogP contribution in [0.1, 0.15) is 24.1 Å². The van der Waals surface area contributed by atoms with Gasteiger partial charge in [0.25, 0.3) is 0 Å². The molecule has 0 atom stereocenters. The van der Waals surface area contributed by atoms with Gasteiger partial charge in [-0.1, -0.05) is 0 Å². The Morgan fingerprint density at radius 2 is 1.80 bits per heavy atom. The smallest absolute Gasteiger partial charge is 0.162 e. The van der Waals surface area contributed by atoms with Crippen LogP contribution in [0, 0.1) is 0 Å². The molecule has 0 saturated carbocycles. The highest BCUT2D eigenvalue weighted by molar-refractivity contribution is 5.95. The zero-order valence-corrected chi connectivity index (χ0v) is 11.8. The molecule has 106 valence electrons. The summed E-state index contributed by atoms with van der Waals surface area (Å²) in [5.74, 6) is 7.13. The normalized spacial score (nSPS) is 13.9. The summed E-state index contributed by atoms with van der Waals surface area (Å²) >= 11 is 0. The number of methoxy groups -OCH3 is 2. The first-order valence-corrected chi connectivity index (χ1v) is 6.82. The lowest BCUT2D eigenvalue weighted by molar-refractivity contribution is 0.356. The van der Waals surface area contributed by atoms with Crippen molar-refractivity contribution >= 4 is 16.6 Å². The second kappa shape index (κ2) is 5.17. The largest absolute Gasteiger partial charge is 0.493 e. The number of nitrogens with zero attached hydrogens (tertiary/aromatic N) is 1. The Balaban J connectivity index is 2.31. The van der Waals surface area contributed by atoms with E-state index in [0.29, 0.717) is 11.5 Å². The van der Waals surface area contributed by atoms with Gasteiger partial charge in [-0.15, -0.1) is 0 Å². The Morgan fingerprint density at radius 1 is 1.10 bits per heavy atom. The number of benzene rings is 1. The molecule has 20 heavy (non-hydrogen) atoms. The number of nitrogens with one attached hydrogen (secondary N) is 1. The van der Waals surface area contributed by atoms with E-state index in [2.05, 4.69) is 5.43 Å². The van der Waals surface area contributed by atoms with Gasteiger partial charge in [-0.2, -0.15) is 0 Å². The Labute approximate surface area is 118 Å². The molecule has 0 bridgehead atoms. The van der Waals surface area contributed by atoms with E-state index < -0.39 is 0 Å². The second-order valence-corrected chi connectivity index (χ2v) is 4.99. The van der Waals surface area contributed by atoms with Crippen molar-refractivity contribution < 1.29 is 9.47 Å². The number of pyridine rings is 1. The summed E-state index contributed by atoms with van der Waals surface area (Å²) in [7, 11) is 3.26. The first-order chi connectivity index (χ1) is 9.78. The third-order valence-corrected chi connectivity index (χ3v) is 3.91. The average molecular weight is 273 g/mol. The van der Waals surface area contributed by atoms with Gasteiger partial charge >= 0.3 is 0 Å². The van der Waals surface area contributed by atoms with E-state index >= 15 is 0 Å². The Hall–Kier alpha value is -2.01. The maximum absolute atomic E-state index is 5.75. The quantitative estimate of drug-likeness (QED) is 0.664. The molecule has 0 amide bonds. The van der Waals surface area contributed by atoms with Gasteiger partial charge in [-0.25, -0.2) is 0 Å². The van der Waals surface area contributed by atoms with Crippen molar-refractivity contribution in [2.75, 3.05) is 19.6 Å². The number of nitrogen functional groups attached to an aromatic ring is 1. The molecular formula is C15H19N3O2. The number of aromatic nitrogens is 1. The van der Waals surface area contributed by atoms with E-state index in [1.807, 2.05) is 12.1 Å². The Kier molecular flexibility index (Phi) is 3.36. The second-order valence-electron chi connectivity index (χ2n) is 4.99. The maximum Gasteiger partial charge on any atom is 0.162 e. The fourth-order valence-corrected chi connectivity index (χ4v) is 2.92. The van der Waals surface area contributed by atoms with Crippen LogP contribution in [0.4, 0.5) is 5.69 Å². The predicted molar refractivity (Wildman–Crippen MR) is 79.3 cm³/mol. The third-order valence-electron chi connectivity index (χ3n) is 3.91. The van der Waals surface area contributed by atoms with Gasteiger partial charge in [-0.05, 0) is 37.3 Å². The zero-order valence-electron chi connectivity index (χ0n) is 11.8. The maximum atomic E-state index is 5.75. The van der Waals surface area contributed by atoms with Crippen LogP contribution in [0.2, 0.25) is 0 Å². The number of nitrogens with two attached hydrogens (primary N) is 1. The molecular weight excluding hydrogens is 254 g/mol. The Bertz CT molecular complexity index is 650. The van der Waals surface area contributed by atoms with Crippen LogP contribution in [-0.4, -0.2) is 19.2 Å². The van der Waals surface area contributed by atoms with Crippen molar-refractivity contribution in [3.63, 3.8) is 0 Å². The van der Waals surface area contributed by atoms with Crippen LogP contribution >= 0.6 is 0 Å². The van der Waals surface area contributed by atoms with Crippen molar-refractivity contribution in [2.45, 2.75) is 25.7 Å². The Morgan fingerprint density at radius 3 is 2.50 bits per heavy atom. The molecule has 0 saturated heterocycles. The molecule has 1 aromatic carbocycles. The van der Waals surface area contributed by atoms with Crippen molar-refractivity contribution in [3.8, 4) is 11.5 Å². The molecule has 0 radical (unpaired) electrons. The summed E-state index contributed by atoms with van der Waals surface area (Å²) in [6, 6.07) is 3.84. The summed E-state index contributed by atoms with van der Waals surface area (Å²) in [5.41, 5.74) is 7.08. The SMILES string of the molecule is COc1cc2nc3c(c(NN)c2cc1OC)CCCC3. The van der Waals surface area contributed by atoms with Crippen molar-refractivity contribution in [2.24, 2.45) is 5.84 Å². The highest BCUT2D eigenvalue weighted by Crippen LogP contribution is 2.38. The first kappa shape index (κ1) is 13.0. The molecule has 0 spiro atoms. The van der Waals surface area contributed by atoms with Crippen LogP contribution in [0.5, 0.6) is 11.5 Å². The van der Waals surface area contributed by atoms with Crippen LogP contribution in [-0.2, 0) is 12.8 Å². The molecule has 3 N–H and O–H groups in total. The average Bonchev–Trinajstić information content (AvgIpc) is 2.51. The number of ether oxygens (including phenoxy) is 2. The molecule has 2 aromatic rings. The van der Waals surface area contributed by atoms with E-state index in [-0.39, 0.29) is 0 Å². The van der Waals surface area contributed by atoms with Gasteiger partial charge in [0, 0.05) is 17.1 Å². The monoisotopic (exact) mass is 273 g/mol. The highest BCUT2D eigenvalue weighted by Gasteiger charge is 2.19. The predicted octanol–water partition coefficient (Wildman–Crippen LogP) is 2.42. The van der Waals surface area contributed by atoms with Crippen molar-refractivity contribution in [1.29, 1.82) is 0 Å². The molecule has 1 aliphatic carbocycles. The third kappa shape index (κ3) is 1.94. The van der Waals surface area contributed by atoms with Gasteiger partial charge in [-0.3, -0.25) is 10.8 Å². The van der Waals surface area contributed by atoms with Crippen LogP contribution in [0.3, 0.4) is 0 Å². The number of hydrazine groups is 1. The lowest BCUT2D eigenvalue weighted by atomic mass is 9.93. The minimum absolute atomic E-state index is 0.686. The van der Waals surface area contributed by atoms with E-state index in [0.717, 1.165) is 35.1 Å². The fourth-order valence-electron chi connectivity index (χ4n) is 2.92. The van der Waals surface area contributed by atoms with Gasteiger partial charge in [0.15, 0.2) is 11.5 Å². The summed E-state index contributed by atoms with van der Waals surface area (Å²) in [5, 5.41) is 0.978. The molecule has 5 nitrogen and oxygen atoms in total. The fraction of sp³-hybridized carbons (Fsp3) is 0.400. The summed E-state index contributed by atoms with van der Waals surface area (Å²) in [4.78, 5) is 4.78. The lowest BCUT2D eigenvalue weighted by Crippen LogP contribution is -2.15. The van der Waals surface area contributed by atoms with Gasteiger partial charge in [0.05, 0.1) is 25.4 Å². The van der Waals surface area contributed by atoms with Crippen LogP contribution in [0.15, 0.2) is 12.1 Å². The molecule has 0 unspecified atom stereocenters. The van der Waals surface area contributed by atoms with E-state index in [9.17, 15) is 0 Å². The van der Waals surface area contributed by atoms with Crippen LogP contribution in [0.25, 0.3) is 10.9 Å². The van der Waals surface area contributed by atoms with Crippen molar-refractivity contribution in [1.82, 2.24) is 4.98 Å². The lowest BCUT2D eigenvalue weighted by Gasteiger charge is -2.21. The zero-order chi connectivity index (χ0) is 14.1. The number of rotatable bonds is 3. The molecule has 3 rings (SSSR count). The first-order valence-electron chi connectivity index (χ1n) is 6.82. The molecule has 1 aromatic heterocycles. The van der Waals surface area contributed by atoms with E-state index in [1.54, 1.807) is 14.2 Å². The number of hydrogen-bond acceptors (Lipinski definition) is 5. The molecule has 1 aliphatic rings.